The zero-order valence-corrected chi connectivity index (χ0v) is 12.2. The van der Waals surface area contributed by atoms with Gasteiger partial charge in [-0.25, -0.2) is 0 Å². The smallest absolute Gasteiger partial charge is 0.235 e. The van der Waals surface area contributed by atoms with Crippen molar-refractivity contribution >= 4 is 17.5 Å². The fourth-order valence-corrected chi connectivity index (χ4v) is 2.90. The molecule has 1 aromatic rings. The Hall–Kier alpha value is -1.06. The standard InChI is InChI=1S/C15H20ClNO2/c1-11-3-4-13(12(2)9-11)15(17-14(18)10-16)5-7-19-8-6-15/h3-4,9H,5-8,10H2,1-2H3,(H,17,18). The SMILES string of the molecule is Cc1ccc(C2(NC(=O)CCl)CCOCC2)c(C)c1. The molecule has 1 fully saturated rings. The van der Waals surface area contributed by atoms with Crippen LogP contribution < -0.4 is 5.32 Å². The number of amides is 1. The van der Waals surface area contributed by atoms with E-state index in [9.17, 15) is 4.79 Å². The van der Waals surface area contributed by atoms with Gasteiger partial charge in [0, 0.05) is 13.2 Å². The van der Waals surface area contributed by atoms with E-state index < -0.39 is 0 Å². The van der Waals surface area contributed by atoms with Gasteiger partial charge in [0.05, 0.1) is 5.54 Å². The van der Waals surface area contributed by atoms with Crippen LogP contribution in [0.25, 0.3) is 0 Å². The number of halogens is 1. The number of carbonyl (C=O) groups excluding carboxylic acids is 1. The van der Waals surface area contributed by atoms with Crippen LogP contribution in [0.3, 0.4) is 0 Å². The maximum atomic E-state index is 11.8. The molecule has 1 saturated heterocycles. The summed E-state index contributed by atoms with van der Waals surface area (Å²) < 4.78 is 5.44. The number of nitrogens with one attached hydrogen (secondary N) is 1. The van der Waals surface area contributed by atoms with Crippen molar-refractivity contribution in [3.05, 3.63) is 34.9 Å². The highest BCUT2D eigenvalue weighted by Gasteiger charge is 2.36. The van der Waals surface area contributed by atoms with Gasteiger partial charge >= 0.3 is 0 Å². The summed E-state index contributed by atoms with van der Waals surface area (Å²) in [6, 6.07) is 6.36. The van der Waals surface area contributed by atoms with Gasteiger partial charge in [0.1, 0.15) is 5.88 Å². The Bertz CT molecular complexity index is 467. The lowest BCUT2D eigenvalue weighted by atomic mass is 9.80. The second kappa shape index (κ2) is 5.93. The number of rotatable bonds is 3. The van der Waals surface area contributed by atoms with Gasteiger partial charge in [0.2, 0.25) is 5.91 Å². The van der Waals surface area contributed by atoms with Crippen LogP contribution >= 0.6 is 11.6 Å². The van der Waals surface area contributed by atoms with Crippen molar-refractivity contribution in [3.63, 3.8) is 0 Å². The normalized spacial score (nSPS) is 18.1. The van der Waals surface area contributed by atoms with Gasteiger partial charge in [0.15, 0.2) is 0 Å². The van der Waals surface area contributed by atoms with E-state index in [4.69, 9.17) is 16.3 Å². The Morgan fingerprint density at radius 1 is 1.37 bits per heavy atom. The van der Waals surface area contributed by atoms with Gasteiger partial charge in [-0.05, 0) is 37.8 Å². The number of ether oxygens (including phenoxy) is 1. The molecule has 0 radical (unpaired) electrons. The highest BCUT2D eigenvalue weighted by atomic mass is 35.5. The summed E-state index contributed by atoms with van der Waals surface area (Å²) in [5.41, 5.74) is 3.28. The van der Waals surface area contributed by atoms with Crippen molar-refractivity contribution in [3.8, 4) is 0 Å². The van der Waals surface area contributed by atoms with E-state index in [0.29, 0.717) is 13.2 Å². The molecule has 1 aromatic carbocycles. The maximum Gasteiger partial charge on any atom is 0.235 e. The lowest BCUT2D eigenvalue weighted by Crippen LogP contribution is -2.50. The molecular weight excluding hydrogens is 262 g/mol. The topological polar surface area (TPSA) is 38.3 Å². The van der Waals surface area contributed by atoms with Crippen LogP contribution in [-0.4, -0.2) is 25.0 Å². The highest BCUT2D eigenvalue weighted by molar-refractivity contribution is 6.27. The van der Waals surface area contributed by atoms with Crippen molar-refractivity contribution in [1.82, 2.24) is 5.32 Å². The molecule has 0 spiro atoms. The van der Waals surface area contributed by atoms with Crippen LogP contribution in [0.2, 0.25) is 0 Å². The van der Waals surface area contributed by atoms with Crippen molar-refractivity contribution in [2.45, 2.75) is 32.2 Å². The van der Waals surface area contributed by atoms with Crippen LogP contribution in [-0.2, 0) is 15.1 Å². The van der Waals surface area contributed by atoms with E-state index in [1.807, 2.05) is 0 Å². The van der Waals surface area contributed by atoms with E-state index in [1.165, 1.54) is 16.7 Å². The van der Waals surface area contributed by atoms with E-state index in [2.05, 4.69) is 37.4 Å². The minimum atomic E-state index is -0.331. The first-order valence-electron chi connectivity index (χ1n) is 6.60. The number of carbonyl (C=O) groups is 1. The van der Waals surface area contributed by atoms with Gasteiger partial charge in [-0.15, -0.1) is 11.6 Å². The predicted octanol–water partition coefficient (Wildman–Crippen LogP) is 2.66. The molecule has 1 heterocycles. The van der Waals surface area contributed by atoms with Gasteiger partial charge in [-0.1, -0.05) is 23.8 Å². The summed E-state index contributed by atoms with van der Waals surface area (Å²) in [5.74, 6) is -0.128. The zero-order chi connectivity index (χ0) is 13.9. The lowest BCUT2D eigenvalue weighted by Gasteiger charge is -2.39. The summed E-state index contributed by atoms with van der Waals surface area (Å²) in [6.45, 7) is 5.49. The lowest BCUT2D eigenvalue weighted by molar-refractivity contribution is -0.122. The van der Waals surface area contributed by atoms with Gasteiger partial charge in [-0.3, -0.25) is 4.79 Å². The van der Waals surface area contributed by atoms with Gasteiger partial charge < -0.3 is 10.1 Å². The average Bonchev–Trinajstić information content (AvgIpc) is 2.39. The van der Waals surface area contributed by atoms with Crippen molar-refractivity contribution < 1.29 is 9.53 Å². The number of alkyl halides is 1. The van der Waals surface area contributed by atoms with Crippen LogP contribution in [0.4, 0.5) is 0 Å². The summed E-state index contributed by atoms with van der Waals surface area (Å²) in [6.07, 6.45) is 1.58. The minimum Gasteiger partial charge on any atom is -0.381 e. The predicted molar refractivity (Wildman–Crippen MR) is 76.5 cm³/mol. The molecule has 1 N–H and O–H groups in total. The number of benzene rings is 1. The summed E-state index contributed by atoms with van der Waals surface area (Å²) >= 11 is 5.64. The van der Waals surface area contributed by atoms with Crippen LogP contribution in [0.5, 0.6) is 0 Å². The monoisotopic (exact) mass is 281 g/mol. The fourth-order valence-electron chi connectivity index (χ4n) is 2.83. The van der Waals surface area contributed by atoms with E-state index >= 15 is 0 Å². The van der Waals surface area contributed by atoms with Crippen molar-refractivity contribution in [2.24, 2.45) is 0 Å². The summed E-state index contributed by atoms with van der Waals surface area (Å²) in [4.78, 5) is 11.8. The first-order valence-corrected chi connectivity index (χ1v) is 7.13. The van der Waals surface area contributed by atoms with Crippen LogP contribution in [0.15, 0.2) is 18.2 Å². The molecule has 4 heteroatoms. The zero-order valence-electron chi connectivity index (χ0n) is 11.5. The Balaban J connectivity index is 2.38. The average molecular weight is 282 g/mol. The van der Waals surface area contributed by atoms with Crippen LogP contribution in [0, 0.1) is 13.8 Å². The molecule has 0 saturated carbocycles. The molecule has 1 amide bonds. The summed E-state index contributed by atoms with van der Waals surface area (Å²) in [5, 5.41) is 3.11. The Kier molecular flexibility index (Phi) is 4.48. The number of hydrogen-bond acceptors (Lipinski definition) is 2. The molecule has 0 atom stereocenters. The van der Waals surface area contributed by atoms with E-state index in [1.54, 1.807) is 0 Å². The third-order valence-corrected chi connectivity index (χ3v) is 3.99. The third-order valence-electron chi connectivity index (χ3n) is 3.74. The second-order valence-electron chi connectivity index (χ2n) is 5.19. The maximum absolute atomic E-state index is 11.8. The first-order chi connectivity index (χ1) is 9.07. The second-order valence-corrected chi connectivity index (χ2v) is 5.46. The molecule has 2 rings (SSSR count). The Morgan fingerprint density at radius 3 is 2.63 bits per heavy atom. The van der Waals surface area contributed by atoms with Crippen molar-refractivity contribution in [2.75, 3.05) is 19.1 Å². The largest absolute Gasteiger partial charge is 0.381 e. The minimum absolute atomic E-state index is 0.00643. The molecule has 1 aliphatic rings. The van der Waals surface area contributed by atoms with E-state index in [0.717, 1.165) is 12.8 Å². The fraction of sp³-hybridized carbons (Fsp3) is 0.533. The van der Waals surface area contributed by atoms with Crippen LogP contribution in [0.1, 0.15) is 29.5 Å². The van der Waals surface area contributed by atoms with E-state index in [-0.39, 0.29) is 17.3 Å². The highest BCUT2D eigenvalue weighted by Crippen LogP contribution is 2.34. The number of aryl methyl sites for hydroxylation is 2. The van der Waals surface area contributed by atoms with Crippen molar-refractivity contribution in [1.29, 1.82) is 0 Å². The molecule has 0 aliphatic carbocycles. The molecule has 0 aromatic heterocycles. The Morgan fingerprint density at radius 2 is 2.05 bits per heavy atom. The quantitative estimate of drug-likeness (QED) is 0.865. The molecule has 3 nitrogen and oxygen atoms in total. The molecule has 104 valence electrons. The van der Waals surface area contributed by atoms with Gasteiger partial charge in [0.25, 0.3) is 0 Å². The first kappa shape index (κ1) is 14.4. The third kappa shape index (κ3) is 3.10. The molecule has 19 heavy (non-hydrogen) atoms. The molecular formula is C15H20ClNO2. The number of hydrogen-bond donors (Lipinski definition) is 1. The summed E-state index contributed by atoms with van der Waals surface area (Å²) in [7, 11) is 0. The Labute approximate surface area is 119 Å². The molecule has 1 aliphatic heterocycles. The molecule has 0 unspecified atom stereocenters. The molecule has 0 bridgehead atoms. The van der Waals surface area contributed by atoms with Gasteiger partial charge in [-0.2, -0.15) is 0 Å².